The fourth-order valence-electron chi connectivity index (χ4n) is 3.93. The minimum Gasteiger partial charge on any atom is -0.625 e. The fourth-order valence-corrected chi connectivity index (χ4v) is 3.93. The standard InChI is InChI=1S/C20H18BF5NO4/c1-19(2)20(3,4)31-21(30-19)17(11-12(22)14(24)16(26)15(25)13(11)23)27(18(28)29-21)10-8-6-5-7-9-10/h5-9,17H,1-4H3/q-1. The predicted molar refractivity (Wildman–Crippen MR) is 100 cm³/mol. The number of nitrogens with zero attached hydrogens (tertiary/aromatic N) is 1. The van der Waals surface area contributed by atoms with Crippen molar-refractivity contribution < 1.29 is 40.7 Å². The van der Waals surface area contributed by atoms with Gasteiger partial charge < -0.3 is 18.9 Å². The molecule has 1 atom stereocenters. The second-order valence-electron chi connectivity index (χ2n) is 8.47. The first-order valence-electron chi connectivity index (χ1n) is 9.46. The first kappa shape index (κ1) is 21.6. The maximum atomic E-state index is 14.9. The summed E-state index contributed by atoms with van der Waals surface area (Å²) in [7, 11) is 0. The molecule has 2 aliphatic heterocycles. The zero-order valence-corrected chi connectivity index (χ0v) is 17.0. The Labute approximate surface area is 174 Å². The molecular formula is C20H18BF5NO4-. The molecule has 2 fully saturated rings. The Morgan fingerprint density at radius 1 is 0.806 bits per heavy atom. The average molecular weight is 442 g/mol. The van der Waals surface area contributed by atoms with Crippen LogP contribution in [0.15, 0.2) is 30.3 Å². The van der Waals surface area contributed by atoms with Crippen molar-refractivity contribution in [1.82, 2.24) is 0 Å². The molecule has 166 valence electrons. The van der Waals surface area contributed by atoms with Crippen molar-refractivity contribution in [3.8, 4) is 0 Å². The number of para-hydroxylation sites is 1. The topological polar surface area (TPSA) is 48.0 Å². The Balaban J connectivity index is 2.02. The number of rotatable bonds is 2. The van der Waals surface area contributed by atoms with Crippen LogP contribution in [0.1, 0.15) is 39.2 Å². The van der Waals surface area contributed by atoms with E-state index in [2.05, 4.69) is 0 Å². The number of carbonyl (C=O) groups excluding carboxylic acids is 1. The first-order chi connectivity index (χ1) is 14.3. The third-order valence-electron chi connectivity index (χ3n) is 6.07. The molecule has 0 saturated carbocycles. The van der Waals surface area contributed by atoms with Crippen molar-refractivity contribution in [3.63, 3.8) is 0 Å². The van der Waals surface area contributed by atoms with Gasteiger partial charge in [0, 0.05) is 28.4 Å². The van der Waals surface area contributed by atoms with E-state index in [1.807, 2.05) is 0 Å². The first-order valence-corrected chi connectivity index (χ1v) is 9.46. The Morgan fingerprint density at radius 3 is 1.74 bits per heavy atom. The Bertz CT molecular complexity index is 1030. The number of hydrogen-bond acceptors (Lipinski definition) is 4. The van der Waals surface area contributed by atoms with E-state index in [1.165, 1.54) is 24.3 Å². The summed E-state index contributed by atoms with van der Waals surface area (Å²) in [5.74, 6) is -12.7. The highest BCUT2D eigenvalue weighted by Crippen LogP contribution is 2.53. The molecular weight excluding hydrogens is 424 g/mol. The Morgan fingerprint density at radius 2 is 1.26 bits per heavy atom. The van der Waals surface area contributed by atoms with Gasteiger partial charge >= 0.3 is 12.8 Å². The monoisotopic (exact) mass is 442 g/mol. The van der Waals surface area contributed by atoms with Crippen molar-refractivity contribution in [2.75, 3.05) is 4.90 Å². The van der Waals surface area contributed by atoms with Gasteiger partial charge in [-0.2, -0.15) is 0 Å². The van der Waals surface area contributed by atoms with Gasteiger partial charge in [-0.15, -0.1) is 0 Å². The van der Waals surface area contributed by atoms with Gasteiger partial charge in [0.15, 0.2) is 23.3 Å². The second-order valence-corrected chi connectivity index (χ2v) is 8.47. The molecule has 31 heavy (non-hydrogen) atoms. The normalized spacial score (nSPS) is 23.5. The SMILES string of the molecule is CC1(C)O[B-]2(OC(=O)N(c3ccccc3)C2c2c(F)c(F)c(F)c(F)c2F)OC1(C)C. The summed E-state index contributed by atoms with van der Waals surface area (Å²) in [6, 6.07) is 7.51. The summed E-state index contributed by atoms with van der Waals surface area (Å²) in [5, 5.41) is 0. The lowest BCUT2D eigenvalue weighted by Gasteiger charge is -2.37. The third-order valence-corrected chi connectivity index (χ3v) is 6.07. The van der Waals surface area contributed by atoms with Crippen LogP contribution in [0, 0.1) is 29.1 Å². The van der Waals surface area contributed by atoms with Crippen LogP contribution in [-0.4, -0.2) is 24.0 Å². The number of halogens is 5. The largest absolute Gasteiger partial charge is 0.625 e. The molecule has 11 heteroatoms. The van der Waals surface area contributed by atoms with Crippen molar-refractivity contribution in [3.05, 3.63) is 65.0 Å². The minimum absolute atomic E-state index is 0.0925. The lowest BCUT2D eigenvalue weighted by atomic mass is 9.65. The summed E-state index contributed by atoms with van der Waals surface area (Å²) in [4.78, 5) is 13.6. The minimum atomic E-state index is -3.34. The molecule has 4 rings (SSSR count). The van der Waals surface area contributed by atoms with E-state index in [9.17, 15) is 26.7 Å². The van der Waals surface area contributed by atoms with Crippen LogP contribution in [-0.2, 0) is 14.0 Å². The molecule has 5 nitrogen and oxygen atoms in total. The van der Waals surface area contributed by atoms with E-state index < -0.39 is 64.6 Å². The van der Waals surface area contributed by atoms with E-state index in [-0.39, 0.29) is 5.69 Å². The van der Waals surface area contributed by atoms with Crippen LogP contribution in [0.5, 0.6) is 0 Å². The quantitative estimate of drug-likeness (QED) is 0.279. The third kappa shape index (κ3) is 2.94. The van der Waals surface area contributed by atoms with Crippen molar-refractivity contribution in [2.24, 2.45) is 0 Å². The van der Waals surface area contributed by atoms with E-state index >= 15 is 0 Å². The molecule has 1 spiro atoms. The van der Waals surface area contributed by atoms with E-state index in [4.69, 9.17) is 14.0 Å². The van der Waals surface area contributed by atoms with Gasteiger partial charge in [-0.3, -0.25) is 0 Å². The summed E-state index contributed by atoms with van der Waals surface area (Å²) < 4.78 is 88.8. The number of benzene rings is 2. The van der Waals surface area contributed by atoms with Gasteiger partial charge in [0.25, 0.3) is 0 Å². The summed E-state index contributed by atoms with van der Waals surface area (Å²) in [5.41, 5.74) is -3.46. The molecule has 0 radical (unpaired) electrons. The number of hydrogen-bond donors (Lipinski definition) is 0. The molecule has 1 unspecified atom stereocenters. The Hall–Kier alpha value is -2.66. The second kappa shape index (κ2) is 6.67. The van der Waals surface area contributed by atoms with Crippen LogP contribution in [0.3, 0.4) is 0 Å². The van der Waals surface area contributed by atoms with Crippen molar-refractivity contribution in [1.29, 1.82) is 0 Å². The molecule has 0 aliphatic carbocycles. The number of amides is 1. The molecule has 2 aliphatic rings. The van der Waals surface area contributed by atoms with Crippen molar-refractivity contribution >= 4 is 18.5 Å². The average Bonchev–Trinajstić information content (AvgIpc) is 3.05. The number of carbonyl (C=O) groups is 1. The van der Waals surface area contributed by atoms with Crippen molar-refractivity contribution in [2.45, 2.75) is 44.8 Å². The zero-order valence-electron chi connectivity index (χ0n) is 17.0. The van der Waals surface area contributed by atoms with E-state index in [0.717, 1.165) is 4.90 Å². The van der Waals surface area contributed by atoms with Crippen LogP contribution in [0.2, 0.25) is 0 Å². The van der Waals surface area contributed by atoms with Gasteiger partial charge in [0.1, 0.15) is 0 Å². The smallest absolute Gasteiger partial charge is 0.466 e. The number of anilines is 1. The lowest BCUT2D eigenvalue weighted by Crippen LogP contribution is -2.48. The highest BCUT2D eigenvalue weighted by molar-refractivity contribution is 6.68. The highest BCUT2D eigenvalue weighted by atomic mass is 19.2. The lowest BCUT2D eigenvalue weighted by molar-refractivity contribution is 0.00578. The van der Waals surface area contributed by atoms with Crippen LogP contribution in [0.4, 0.5) is 32.4 Å². The molecule has 0 aromatic heterocycles. The van der Waals surface area contributed by atoms with Crippen LogP contribution in [0.25, 0.3) is 0 Å². The maximum absolute atomic E-state index is 14.9. The zero-order chi connectivity index (χ0) is 22.9. The molecule has 2 aromatic rings. The van der Waals surface area contributed by atoms with Gasteiger partial charge in [-0.05, 0) is 39.8 Å². The summed E-state index contributed by atoms with van der Waals surface area (Å²) in [6.07, 6.45) is -1.12. The van der Waals surface area contributed by atoms with Gasteiger partial charge in [-0.25, -0.2) is 26.7 Å². The van der Waals surface area contributed by atoms with Crippen LogP contribution >= 0.6 is 0 Å². The fraction of sp³-hybridized carbons (Fsp3) is 0.350. The van der Waals surface area contributed by atoms with Gasteiger partial charge in [0.2, 0.25) is 5.82 Å². The molecule has 2 saturated heterocycles. The molecule has 0 N–H and O–H groups in total. The van der Waals surface area contributed by atoms with E-state index in [1.54, 1.807) is 33.8 Å². The van der Waals surface area contributed by atoms with Crippen LogP contribution < -0.4 is 4.90 Å². The molecule has 1 amide bonds. The summed E-state index contributed by atoms with van der Waals surface area (Å²) in [6.45, 7) is 3.04. The van der Waals surface area contributed by atoms with Gasteiger partial charge in [-0.1, -0.05) is 18.2 Å². The van der Waals surface area contributed by atoms with Gasteiger partial charge in [0.05, 0.1) is 0 Å². The Kier molecular flexibility index (Phi) is 4.64. The molecule has 2 aromatic carbocycles. The highest BCUT2D eigenvalue weighted by Gasteiger charge is 2.65. The molecule has 0 bridgehead atoms. The van der Waals surface area contributed by atoms with E-state index in [0.29, 0.717) is 0 Å². The molecule has 2 heterocycles. The maximum Gasteiger partial charge on any atom is 0.466 e. The predicted octanol–water partition coefficient (Wildman–Crippen LogP) is 5.16. The summed E-state index contributed by atoms with van der Waals surface area (Å²) >= 11 is 0.